The van der Waals surface area contributed by atoms with Crippen LogP contribution in [0.3, 0.4) is 0 Å². The molecule has 1 heterocycles. The number of rotatable bonds is 8. The average molecular weight is 289 g/mol. The minimum atomic E-state index is 0. The fourth-order valence-corrected chi connectivity index (χ4v) is 3.37. The molecule has 0 saturated carbocycles. The van der Waals surface area contributed by atoms with Crippen LogP contribution in [-0.4, -0.2) is 49.2 Å². The van der Waals surface area contributed by atoms with Crippen LogP contribution in [0.2, 0.25) is 0 Å². The molecular weight excluding hydrogens is 248 g/mol. The second kappa shape index (κ2) is 15.3. The highest BCUT2D eigenvalue weighted by Gasteiger charge is 2.22. The third-order valence-corrected chi connectivity index (χ3v) is 4.00. The van der Waals surface area contributed by atoms with E-state index in [0.29, 0.717) is 0 Å². The Morgan fingerprint density at radius 2 is 1.00 bits per heavy atom. The average Bonchev–Trinajstić information content (AvgIpc) is 2.43. The Kier molecular flexibility index (Phi) is 16.9. The topological polar surface area (TPSA) is 42.0 Å². The molecule has 1 aliphatic rings. The lowest BCUT2D eigenvalue weighted by atomic mass is 10.2. The Labute approximate surface area is 128 Å². The van der Waals surface area contributed by atoms with Crippen molar-refractivity contribution in [1.29, 1.82) is 0 Å². The summed E-state index contributed by atoms with van der Waals surface area (Å²) in [6.07, 6.45) is 9.55. The third-order valence-electron chi connectivity index (χ3n) is 4.00. The first-order chi connectivity index (χ1) is 9.24. The first kappa shape index (κ1) is 22.2. The molecule has 0 spiro atoms. The van der Waals surface area contributed by atoms with Crippen molar-refractivity contribution in [2.75, 3.05) is 39.3 Å². The van der Waals surface area contributed by atoms with Gasteiger partial charge in [0.15, 0.2) is 0 Å². The standard InChI is InChI=1S/C12H28N.C5H11N.H2O/c1-5-9-13(10-6-2,11-7-3)12-8-4;1-2-4-6-5-3-1;/h5-12H2,1-4H3;6H,1-5H2;1H2/q+1;;/p-1. The zero-order valence-corrected chi connectivity index (χ0v) is 14.6. The number of piperidine rings is 1. The van der Waals surface area contributed by atoms with E-state index in [1.54, 1.807) is 0 Å². The molecule has 0 bridgehead atoms. The molecule has 124 valence electrons. The van der Waals surface area contributed by atoms with Gasteiger partial charge in [-0.2, -0.15) is 0 Å². The molecule has 20 heavy (non-hydrogen) atoms. The molecule has 1 fully saturated rings. The monoisotopic (exact) mass is 288 g/mol. The van der Waals surface area contributed by atoms with Gasteiger partial charge in [0.2, 0.25) is 0 Å². The maximum absolute atomic E-state index is 3.28. The van der Waals surface area contributed by atoms with Gasteiger partial charge >= 0.3 is 0 Å². The number of hydrogen-bond acceptors (Lipinski definition) is 2. The summed E-state index contributed by atoms with van der Waals surface area (Å²) in [4.78, 5) is 0. The van der Waals surface area contributed by atoms with E-state index in [2.05, 4.69) is 33.0 Å². The van der Waals surface area contributed by atoms with E-state index in [1.807, 2.05) is 0 Å². The van der Waals surface area contributed by atoms with Gasteiger partial charge in [-0.1, -0.05) is 34.1 Å². The molecule has 1 aliphatic heterocycles. The van der Waals surface area contributed by atoms with E-state index >= 15 is 0 Å². The van der Waals surface area contributed by atoms with Crippen LogP contribution >= 0.6 is 0 Å². The van der Waals surface area contributed by atoms with Crippen LogP contribution in [0.4, 0.5) is 0 Å². The van der Waals surface area contributed by atoms with Crippen molar-refractivity contribution in [2.45, 2.75) is 72.6 Å². The van der Waals surface area contributed by atoms with Crippen molar-refractivity contribution in [2.24, 2.45) is 0 Å². The molecule has 0 atom stereocenters. The highest BCUT2D eigenvalue weighted by atomic mass is 16.0. The fraction of sp³-hybridized carbons (Fsp3) is 1.00. The Morgan fingerprint density at radius 1 is 0.650 bits per heavy atom. The highest BCUT2D eigenvalue weighted by Crippen LogP contribution is 2.12. The molecular formula is C17H40N2O. The molecule has 0 aliphatic carbocycles. The van der Waals surface area contributed by atoms with Crippen molar-refractivity contribution >= 4 is 0 Å². The zero-order chi connectivity index (χ0) is 14.4. The smallest absolute Gasteiger partial charge is 0.0783 e. The van der Waals surface area contributed by atoms with Crippen LogP contribution in [0.1, 0.15) is 72.6 Å². The van der Waals surface area contributed by atoms with E-state index in [0.717, 1.165) is 0 Å². The van der Waals surface area contributed by atoms with Crippen molar-refractivity contribution in [3.8, 4) is 0 Å². The Bertz CT molecular complexity index is 141. The first-order valence-electron chi connectivity index (χ1n) is 8.80. The molecule has 1 saturated heterocycles. The van der Waals surface area contributed by atoms with E-state index in [-0.39, 0.29) is 5.48 Å². The molecule has 3 nitrogen and oxygen atoms in total. The first-order valence-corrected chi connectivity index (χ1v) is 8.80. The summed E-state index contributed by atoms with van der Waals surface area (Å²) in [5.74, 6) is 0. The van der Waals surface area contributed by atoms with Crippen LogP contribution in [0, 0.1) is 0 Å². The Hall–Kier alpha value is -0.120. The summed E-state index contributed by atoms with van der Waals surface area (Å²) in [7, 11) is 0. The largest absolute Gasteiger partial charge is 0.870 e. The van der Waals surface area contributed by atoms with Crippen molar-refractivity contribution < 1.29 is 9.96 Å². The van der Waals surface area contributed by atoms with Gasteiger partial charge in [-0.3, -0.25) is 0 Å². The minimum Gasteiger partial charge on any atom is -0.870 e. The SMILES string of the molecule is C1CCNCC1.CCC[N+](CCC)(CCC)CCC.[OH-]. The van der Waals surface area contributed by atoms with E-state index < -0.39 is 0 Å². The molecule has 0 aromatic rings. The summed E-state index contributed by atoms with van der Waals surface area (Å²) < 4.78 is 1.38. The van der Waals surface area contributed by atoms with Gasteiger partial charge in [-0.15, -0.1) is 0 Å². The van der Waals surface area contributed by atoms with Gasteiger partial charge in [0.05, 0.1) is 26.2 Å². The van der Waals surface area contributed by atoms with Crippen molar-refractivity contribution in [1.82, 2.24) is 5.32 Å². The van der Waals surface area contributed by atoms with Crippen LogP contribution < -0.4 is 5.32 Å². The molecule has 0 aromatic carbocycles. The van der Waals surface area contributed by atoms with Gasteiger partial charge in [-0.25, -0.2) is 0 Å². The Morgan fingerprint density at radius 3 is 1.15 bits per heavy atom. The lowest BCUT2D eigenvalue weighted by Gasteiger charge is -2.38. The van der Waals surface area contributed by atoms with Crippen LogP contribution in [0.5, 0.6) is 0 Å². The van der Waals surface area contributed by atoms with Crippen LogP contribution in [-0.2, 0) is 0 Å². The fourth-order valence-electron chi connectivity index (χ4n) is 3.37. The van der Waals surface area contributed by atoms with Crippen molar-refractivity contribution in [3.05, 3.63) is 0 Å². The quantitative estimate of drug-likeness (QED) is 0.685. The summed E-state index contributed by atoms with van der Waals surface area (Å²) >= 11 is 0. The third kappa shape index (κ3) is 10.6. The molecule has 1 rings (SSSR count). The lowest BCUT2D eigenvalue weighted by molar-refractivity contribution is -0.928. The van der Waals surface area contributed by atoms with E-state index in [1.165, 1.54) is 88.7 Å². The second-order valence-electron chi connectivity index (χ2n) is 6.05. The zero-order valence-electron chi connectivity index (χ0n) is 14.6. The second-order valence-corrected chi connectivity index (χ2v) is 6.05. The van der Waals surface area contributed by atoms with Crippen LogP contribution in [0.25, 0.3) is 0 Å². The van der Waals surface area contributed by atoms with Crippen LogP contribution in [0.15, 0.2) is 0 Å². The molecule has 2 N–H and O–H groups in total. The van der Waals surface area contributed by atoms with E-state index in [4.69, 9.17) is 0 Å². The molecule has 0 radical (unpaired) electrons. The summed E-state index contributed by atoms with van der Waals surface area (Å²) in [5.41, 5.74) is 0. The molecule has 0 unspecified atom stereocenters. The van der Waals surface area contributed by atoms with E-state index in [9.17, 15) is 0 Å². The summed E-state index contributed by atoms with van der Waals surface area (Å²) in [5, 5.41) is 3.28. The van der Waals surface area contributed by atoms with Crippen molar-refractivity contribution in [3.63, 3.8) is 0 Å². The van der Waals surface area contributed by atoms with Gasteiger partial charge < -0.3 is 15.3 Å². The number of hydrogen-bond donors (Lipinski definition) is 1. The normalized spacial score (nSPS) is 15.0. The number of quaternary nitrogens is 1. The van der Waals surface area contributed by atoms with Gasteiger partial charge in [0, 0.05) is 0 Å². The predicted octanol–water partition coefficient (Wildman–Crippen LogP) is 4.03. The highest BCUT2D eigenvalue weighted by molar-refractivity contribution is 4.55. The predicted molar refractivity (Wildman–Crippen MR) is 89.5 cm³/mol. The maximum Gasteiger partial charge on any atom is 0.0783 e. The summed E-state index contributed by atoms with van der Waals surface area (Å²) in [6.45, 7) is 17.3. The number of nitrogens with zero attached hydrogens (tertiary/aromatic N) is 1. The van der Waals surface area contributed by atoms with Gasteiger partial charge in [-0.05, 0) is 51.6 Å². The lowest BCUT2D eigenvalue weighted by Crippen LogP contribution is -2.50. The maximum atomic E-state index is 3.28. The Balaban J connectivity index is 0. The number of nitrogens with one attached hydrogen (secondary N) is 1. The molecule has 3 heteroatoms. The van der Waals surface area contributed by atoms with Gasteiger partial charge in [0.25, 0.3) is 0 Å². The minimum absolute atomic E-state index is 0. The summed E-state index contributed by atoms with van der Waals surface area (Å²) in [6, 6.07) is 0. The van der Waals surface area contributed by atoms with Gasteiger partial charge in [0.1, 0.15) is 0 Å². The molecule has 0 amide bonds. The molecule has 0 aromatic heterocycles.